The van der Waals surface area contributed by atoms with Gasteiger partial charge in [0.1, 0.15) is 0 Å². The predicted molar refractivity (Wildman–Crippen MR) is 75.2 cm³/mol. The molecule has 0 fully saturated rings. The van der Waals surface area contributed by atoms with Crippen molar-refractivity contribution in [1.82, 2.24) is 15.1 Å². The van der Waals surface area contributed by atoms with E-state index in [4.69, 9.17) is 23.2 Å². The smallest absolute Gasteiger partial charge is 0.0834 e. The molecule has 1 atom stereocenters. The zero-order chi connectivity index (χ0) is 13.1. The fourth-order valence-electron chi connectivity index (χ4n) is 2.00. The Morgan fingerprint density at radius 2 is 1.94 bits per heavy atom. The van der Waals surface area contributed by atoms with E-state index < -0.39 is 0 Å². The molecule has 0 amide bonds. The highest BCUT2D eigenvalue weighted by atomic mass is 35.5. The van der Waals surface area contributed by atoms with E-state index in [0.29, 0.717) is 5.02 Å². The van der Waals surface area contributed by atoms with Crippen LogP contribution in [-0.2, 0) is 13.5 Å². The second-order valence-electron chi connectivity index (χ2n) is 4.17. The Hall–Kier alpha value is -1.03. The highest BCUT2D eigenvalue weighted by molar-refractivity contribution is 6.31. The molecule has 5 heteroatoms. The molecule has 0 saturated carbocycles. The van der Waals surface area contributed by atoms with E-state index in [1.165, 1.54) is 5.56 Å². The second kappa shape index (κ2) is 5.74. The first-order chi connectivity index (χ1) is 8.61. The fourth-order valence-corrected chi connectivity index (χ4v) is 2.43. The van der Waals surface area contributed by atoms with Crippen LogP contribution in [0.25, 0.3) is 0 Å². The summed E-state index contributed by atoms with van der Waals surface area (Å²) >= 11 is 12.0. The van der Waals surface area contributed by atoms with Gasteiger partial charge in [0.15, 0.2) is 0 Å². The Labute approximate surface area is 117 Å². The van der Waals surface area contributed by atoms with Gasteiger partial charge in [0.2, 0.25) is 0 Å². The summed E-state index contributed by atoms with van der Waals surface area (Å²) in [5.74, 6) is 0. The summed E-state index contributed by atoms with van der Waals surface area (Å²) in [5.41, 5.74) is 2.20. The van der Waals surface area contributed by atoms with E-state index in [2.05, 4.69) is 10.4 Å². The molecule has 0 aliphatic heterocycles. The molecule has 0 spiro atoms. The number of aromatic nitrogens is 2. The van der Waals surface area contributed by atoms with Crippen molar-refractivity contribution in [1.29, 1.82) is 0 Å². The van der Waals surface area contributed by atoms with Gasteiger partial charge < -0.3 is 5.32 Å². The SMILES string of the molecule is CNC(Cc1ccc(Cl)cc1)c1c(Cl)cnn1C. The zero-order valence-electron chi connectivity index (χ0n) is 10.3. The predicted octanol–water partition coefficient (Wildman–Crippen LogP) is 3.23. The minimum atomic E-state index is 0.131. The minimum Gasteiger partial charge on any atom is -0.311 e. The van der Waals surface area contributed by atoms with Crippen molar-refractivity contribution >= 4 is 23.2 Å². The lowest BCUT2D eigenvalue weighted by Crippen LogP contribution is -2.22. The van der Waals surface area contributed by atoms with Gasteiger partial charge in [-0.25, -0.2) is 0 Å². The highest BCUT2D eigenvalue weighted by Crippen LogP contribution is 2.25. The van der Waals surface area contributed by atoms with Crippen LogP contribution in [0.15, 0.2) is 30.5 Å². The molecular weight excluding hydrogens is 269 g/mol. The molecule has 3 nitrogen and oxygen atoms in total. The van der Waals surface area contributed by atoms with Crippen molar-refractivity contribution in [2.75, 3.05) is 7.05 Å². The van der Waals surface area contributed by atoms with E-state index in [9.17, 15) is 0 Å². The molecule has 0 saturated heterocycles. The summed E-state index contributed by atoms with van der Waals surface area (Å²) in [6, 6.07) is 7.97. The molecule has 2 rings (SSSR count). The van der Waals surface area contributed by atoms with Gasteiger partial charge in [0.25, 0.3) is 0 Å². The topological polar surface area (TPSA) is 29.9 Å². The molecule has 1 N–H and O–H groups in total. The maximum Gasteiger partial charge on any atom is 0.0834 e. The van der Waals surface area contributed by atoms with Crippen LogP contribution in [0.4, 0.5) is 0 Å². The Morgan fingerprint density at radius 3 is 2.44 bits per heavy atom. The summed E-state index contributed by atoms with van der Waals surface area (Å²) in [6.45, 7) is 0. The van der Waals surface area contributed by atoms with Gasteiger partial charge >= 0.3 is 0 Å². The summed E-state index contributed by atoms with van der Waals surface area (Å²) in [7, 11) is 3.82. The van der Waals surface area contributed by atoms with E-state index >= 15 is 0 Å². The van der Waals surface area contributed by atoms with Gasteiger partial charge in [-0.3, -0.25) is 4.68 Å². The maximum atomic E-state index is 6.17. The van der Waals surface area contributed by atoms with Gasteiger partial charge in [0, 0.05) is 12.1 Å². The first kappa shape index (κ1) is 13.4. The standard InChI is InChI=1S/C13H15Cl2N3/c1-16-12(13-11(15)8-17-18(13)2)7-9-3-5-10(14)6-4-9/h3-6,8,12,16H,7H2,1-2H3. The molecule has 1 aromatic carbocycles. The number of halogens is 2. The third-order valence-electron chi connectivity index (χ3n) is 2.97. The van der Waals surface area contributed by atoms with Crippen molar-refractivity contribution < 1.29 is 0 Å². The van der Waals surface area contributed by atoms with Crippen molar-refractivity contribution in [3.63, 3.8) is 0 Å². The molecule has 96 valence electrons. The van der Waals surface area contributed by atoms with E-state index in [1.54, 1.807) is 10.9 Å². The van der Waals surface area contributed by atoms with E-state index in [1.807, 2.05) is 38.4 Å². The highest BCUT2D eigenvalue weighted by Gasteiger charge is 2.17. The number of hydrogen-bond donors (Lipinski definition) is 1. The van der Waals surface area contributed by atoms with Gasteiger partial charge in [-0.2, -0.15) is 5.10 Å². The fraction of sp³-hybridized carbons (Fsp3) is 0.308. The molecule has 0 aliphatic carbocycles. The summed E-state index contributed by atoms with van der Waals surface area (Å²) in [5, 5.41) is 8.87. The average molecular weight is 284 g/mol. The van der Waals surface area contributed by atoms with Gasteiger partial charge in [-0.05, 0) is 31.2 Å². The first-order valence-corrected chi connectivity index (χ1v) is 6.46. The van der Waals surface area contributed by atoms with Crippen LogP contribution in [0.1, 0.15) is 17.3 Å². The van der Waals surface area contributed by atoms with Crippen LogP contribution < -0.4 is 5.32 Å². The van der Waals surface area contributed by atoms with Crippen molar-refractivity contribution in [3.05, 3.63) is 51.8 Å². The Kier molecular flexibility index (Phi) is 4.27. The number of rotatable bonds is 4. The molecule has 0 radical (unpaired) electrons. The molecule has 0 bridgehead atoms. The molecule has 1 heterocycles. The quantitative estimate of drug-likeness (QED) is 0.934. The van der Waals surface area contributed by atoms with E-state index in [0.717, 1.165) is 17.1 Å². The molecule has 0 aliphatic rings. The largest absolute Gasteiger partial charge is 0.311 e. The minimum absolute atomic E-state index is 0.131. The van der Waals surface area contributed by atoms with Gasteiger partial charge in [0.05, 0.1) is 23.0 Å². The Morgan fingerprint density at radius 1 is 1.28 bits per heavy atom. The van der Waals surface area contributed by atoms with Crippen LogP contribution in [-0.4, -0.2) is 16.8 Å². The van der Waals surface area contributed by atoms with Crippen LogP contribution in [0.5, 0.6) is 0 Å². The zero-order valence-corrected chi connectivity index (χ0v) is 11.8. The number of hydrogen-bond acceptors (Lipinski definition) is 2. The number of aryl methyl sites for hydroxylation is 1. The lowest BCUT2D eigenvalue weighted by molar-refractivity contribution is 0.537. The third-order valence-corrected chi connectivity index (χ3v) is 3.51. The first-order valence-electron chi connectivity index (χ1n) is 5.71. The summed E-state index contributed by atoms with van der Waals surface area (Å²) < 4.78 is 1.80. The summed E-state index contributed by atoms with van der Waals surface area (Å²) in [6.07, 6.45) is 2.51. The molecule has 1 aromatic heterocycles. The van der Waals surface area contributed by atoms with Crippen LogP contribution in [0.2, 0.25) is 10.0 Å². The van der Waals surface area contributed by atoms with Crippen molar-refractivity contribution in [2.45, 2.75) is 12.5 Å². The van der Waals surface area contributed by atoms with Crippen LogP contribution in [0.3, 0.4) is 0 Å². The third kappa shape index (κ3) is 2.86. The van der Waals surface area contributed by atoms with Crippen molar-refractivity contribution in [3.8, 4) is 0 Å². The summed E-state index contributed by atoms with van der Waals surface area (Å²) in [4.78, 5) is 0. The van der Waals surface area contributed by atoms with Crippen LogP contribution in [0, 0.1) is 0 Å². The van der Waals surface area contributed by atoms with E-state index in [-0.39, 0.29) is 6.04 Å². The van der Waals surface area contributed by atoms with Crippen molar-refractivity contribution in [2.24, 2.45) is 7.05 Å². The lowest BCUT2D eigenvalue weighted by Gasteiger charge is -2.17. The number of nitrogens with zero attached hydrogens (tertiary/aromatic N) is 2. The average Bonchev–Trinajstić information content (AvgIpc) is 2.69. The Balaban J connectivity index is 2.22. The number of benzene rings is 1. The molecule has 1 unspecified atom stereocenters. The maximum absolute atomic E-state index is 6.17. The monoisotopic (exact) mass is 283 g/mol. The second-order valence-corrected chi connectivity index (χ2v) is 5.02. The number of likely N-dealkylation sites (N-methyl/N-ethyl adjacent to an activating group) is 1. The normalized spacial score (nSPS) is 12.7. The van der Waals surface area contributed by atoms with Gasteiger partial charge in [-0.15, -0.1) is 0 Å². The van der Waals surface area contributed by atoms with Gasteiger partial charge in [-0.1, -0.05) is 35.3 Å². The molecular formula is C13H15Cl2N3. The van der Waals surface area contributed by atoms with Crippen LogP contribution >= 0.6 is 23.2 Å². The molecule has 2 aromatic rings. The lowest BCUT2D eigenvalue weighted by atomic mass is 10.0. The molecule has 18 heavy (non-hydrogen) atoms. The Bertz CT molecular complexity index is 500. The number of nitrogens with one attached hydrogen (secondary N) is 1.